The van der Waals surface area contributed by atoms with Crippen molar-refractivity contribution >= 4 is 11.8 Å². The molecule has 1 N–H and O–H groups in total. The van der Waals surface area contributed by atoms with E-state index in [0.717, 1.165) is 43.2 Å². The topological polar surface area (TPSA) is 30.5 Å². The van der Waals surface area contributed by atoms with Gasteiger partial charge in [-0.1, -0.05) is 19.9 Å². The lowest BCUT2D eigenvalue weighted by molar-refractivity contribution is 0.309. The van der Waals surface area contributed by atoms with Gasteiger partial charge in [0.15, 0.2) is 0 Å². The highest BCUT2D eigenvalue weighted by atomic mass is 32.2. The standard InChI is InChI=1S/C17H29NO2S/c1-5-10-18-14(3)16-9-8-15(19-4)13-17(16)20-11-7-12-21-6-2/h8-9,13-14,18H,5-7,10-12H2,1-4H3. The first-order chi connectivity index (χ1) is 10.2. The molecule has 0 amide bonds. The SMILES string of the molecule is CCCNC(C)c1ccc(OC)cc1OCCCSCC. The smallest absolute Gasteiger partial charge is 0.127 e. The number of rotatable bonds is 11. The van der Waals surface area contributed by atoms with Gasteiger partial charge < -0.3 is 14.8 Å². The zero-order valence-corrected chi connectivity index (χ0v) is 14.6. The van der Waals surface area contributed by atoms with Gasteiger partial charge in [0.2, 0.25) is 0 Å². The Morgan fingerprint density at radius 1 is 1.29 bits per heavy atom. The Morgan fingerprint density at radius 3 is 2.76 bits per heavy atom. The van der Waals surface area contributed by atoms with E-state index >= 15 is 0 Å². The summed E-state index contributed by atoms with van der Waals surface area (Å²) < 4.78 is 11.3. The fourth-order valence-electron chi connectivity index (χ4n) is 2.08. The molecule has 0 saturated carbocycles. The molecule has 0 heterocycles. The molecule has 1 aromatic carbocycles. The van der Waals surface area contributed by atoms with Crippen LogP contribution in [0, 0.1) is 0 Å². The van der Waals surface area contributed by atoms with E-state index in [1.54, 1.807) is 7.11 Å². The molecule has 21 heavy (non-hydrogen) atoms. The van der Waals surface area contributed by atoms with Crippen LogP contribution in [0.15, 0.2) is 18.2 Å². The molecule has 0 spiro atoms. The van der Waals surface area contributed by atoms with Crippen LogP contribution in [0.2, 0.25) is 0 Å². The minimum Gasteiger partial charge on any atom is -0.497 e. The Labute approximate surface area is 133 Å². The minimum atomic E-state index is 0.288. The third-order valence-electron chi connectivity index (χ3n) is 3.28. The molecule has 4 heteroatoms. The van der Waals surface area contributed by atoms with Gasteiger partial charge in [0.1, 0.15) is 11.5 Å². The molecule has 0 saturated heterocycles. The number of thioether (sulfide) groups is 1. The summed E-state index contributed by atoms with van der Waals surface area (Å²) >= 11 is 1.96. The predicted molar refractivity (Wildman–Crippen MR) is 92.8 cm³/mol. The van der Waals surface area contributed by atoms with Crippen molar-refractivity contribution < 1.29 is 9.47 Å². The fraction of sp³-hybridized carbons (Fsp3) is 0.647. The van der Waals surface area contributed by atoms with E-state index in [0.29, 0.717) is 0 Å². The van der Waals surface area contributed by atoms with Gasteiger partial charge in [-0.25, -0.2) is 0 Å². The van der Waals surface area contributed by atoms with Crippen molar-refractivity contribution in [3.05, 3.63) is 23.8 Å². The molecular weight excluding hydrogens is 282 g/mol. The number of hydrogen-bond donors (Lipinski definition) is 1. The van der Waals surface area contributed by atoms with Gasteiger partial charge >= 0.3 is 0 Å². The monoisotopic (exact) mass is 311 g/mol. The zero-order valence-electron chi connectivity index (χ0n) is 13.8. The average molecular weight is 311 g/mol. The number of hydrogen-bond acceptors (Lipinski definition) is 4. The van der Waals surface area contributed by atoms with E-state index in [1.807, 2.05) is 23.9 Å². The quantitative estimate of drug-likeness (QED) is 0.618. The first-order valence-electron chi connectivity index (χ1n) is 7.84. The lowest BCUT2D eigenvalue weighted by Crippen LogP contribution is -2.20. The average Bonchev–Trinajstić information content (AvgIpc) is 2.52. The summed E-state index contributed by atoms with van der Waals surface area (Å²) in [4.78, 5) is 0. The van der Waals surface area contributed by atoms with Crippen molar-refractivity contribution in [1.29, 1.82) is 0 Å². The van der Waals surface area contributed by atoms with Gasteiger partial charge in [-0.2, -0.15) is 11.8 Å². The van der Waals surface area contributed by atoms with E-state index in [-0.39, 0.29) is 6.04 Å². The molecule has 1 atom stereocenters. The molecule has 0 aromatic heterocycles. The van der Waals surface area contributed by atoms with Crippen LogP contribution in [0.1, 0.15) is 45.2 Å². The largest absolute Gasteiger partial charge is 0.497 e. The van der Waals surface area contributed by atoms with Crippen molar-refractivity contribution in [3.63, 3.8) is 0 Å². The molecule has 1 rings (SSSR count). The second kappa shape index (κ2) is 10.8. The van der Waals surface area contributed by atoms with Crippen LogP contribution in [0.4, 0.5) is 0 Å². The second-order valence-corrected chi connectivity index (χ2v) is 6.37. The molecule has 1 aromatic rings. The molecule has 1 unspecified atom stereocenters. The number of methoxy groups -OCH3 is 1. The van der Waals surface area contributed by atoms with Crippen LogP contribution < -0.4 is 14.8 Å². The van der Waals surface area contributed by atoms with E-state index in [1.165, 1.54) is 11.3 Å². The van der Waals surface area contributed by atoms with Crippen LogP contribution >= 0.6 is 11.8 Å². The van der Waals surface area contributed by atoms with Gasteiger partial charge in [-0.15, -0.1) is 0 Å². The Hall–Kier alpha value is -0.870. The first-order valence-corrected chi connectivity index (χ1v) is 9.00. The van der Waals surface area contributed by atoms with E-state index in [4.69, 9.17) is 9.47 Å². The summed E-state index contributed by atoms with van der Waals surface area (Å²) in [6, 6.07) is 6.38. The van der Waals surface area contributed by atoms with Gasteiger partial charge in [0, 0.05) is 17.7 Å². The lowest BCUT2D eigenvalue weighted by atomic mass is 10.1. The van der Waals surface area contributed by atoms with Crippen molar-refractivity contribution in [2.75, 3.05) is 31.8 Å². The van der Waals surface area contributed by atoms with Crippen LogP contribution in [-0.2, 0) is 0 Å². The van der Waals surface area contributed by atoms with Crippen molar-refractivity contribution in [2.24, 2.45) is 0 Å². The Morgan fingerprint density at radius 2 is 2.10 bits per heavy atom. The third-order valence-corrected chi connectivity index (χ3v) is 4.27. The number of benzene rings is 1. The van der Waals surface area contributed by atoms with Gasteiger partial charge in [0.25, 0.3) is 0 Å². The Kier molecular flexibility index (Phi) is 9.35. The molecular formula is C17H29NO2S. The highest BCUT2D eigenvalue weighted by Gasteiger charge is 2.12. The van der Waals surface area contributed by atoms with Crippen LogP contribution in [0.3, 0.4) is 0 Å². The van der Waals surface area contributed by atoms with E-state index in [2.05, 4.69) is 32.2 Å². The molecule has 0 radical (unpaired) electrons. The van der Waals surface area contributed by atoms with Crippen LogP contribution in [0.25, 0.3) is 0 Å². The molecule has 0 aliphatic heterocycles. The highest BCUT2D eigenvalue weighted by Crippen LogP contribution is 2.29. The normalized spacial score (nSPS) is 12.2. The van der Waals surface area contributed by atoms with Crippen LogP contribution in [0.5, 0.6) is 11.5 Å². The third kappa shape index (κ3) is 6.62. The maximum Gasteiger partial charge on any atom is 0.127 e. The molecule has 3 nitrogen and oxygen atoms in total. The van der Waals surface area contributed by atoms with Crippen molar-refractivity contribution in [1.82, 2.24) is 5.32 Å². The summed E-state index contributed by atoms with van der Waals surface area (Å²) in [5.41, 5.74) is 1.20. The van der Waals surface area contributed by atoms with Gasteiger partial charge in [-0.3, -0.25) is 0 Å². The first kappa shape index (κ1) is 18.2. The zero-order chi connectivity index (χ0) is 15.5. The second-order valence-electron chi connectivity index (χ2n) is 4.98. The molecule has 0 aliphatic rings. The number of ether oxygens (including phenoxy) is 2. The lowest BCUT2D eigenvalue weighted by Gasteiger charge is -2.19. The summed E-state index contributed by atoms with van der Waals surface area (Å²) in [5, 5.41) is 3.51. The summed E-state index contributed by atoms with van der Waals surface area (Å²) in [6.07, 6.45) is 2.21. The van der Waals surface area contributed by atoms with Gasteiger partial charge in [0.05, 0.1) is 13.7 Å². The van der Waals surface area contributed by atoms with Crippen molar-refractivity contribution in [2.45, 2.75) is 39.7 Å². The highest BCUT2D eigenvalue weighted by molar-refractivity contribution is 7.99. The van der Waals surface area contributed by atoms with E-state index < -0.39 is 0 Å². The summed E-state index contributed by atoms with van der Waals surface area (Å²) in [6.45, 7) is 8.31. The fourth-order valence-corrected chi connectivity index (χ4v) is 2.69. The van der Waals surface area contributed by atoms with Gasteiger partial charge in [-0.05, 0) is 43.9 Å². The summed E-state index contributed by atoms with van der Waals surface area (Å²) in [5.74, 6) is 4.10. The van der Waals surface area contributed by atoms with E-state index in [9.17, 15) is 0 Å². The molecule has 0 aliphatic carbocycles. The number of nitrogens with one attached hydrogen (secondary N) is 1. The minimum absolute atomic E-state index is 0.288. The predicted octanol–water partition coefficient (Wildman–Crippen LogP) is 4.28. The van der Waals surface area contributed by atoms with Crippen LogP contribution in [-0.4, -0.2) is 31.8 Å². The molecule has 0 fully saturated rings. The maximum absolute atomic E-state index is 5.99. The molecule has 120 valence electrons. The summed E-state index contributed by atoms with van der Waals surface area (Å²) in [7, 11) is 1.69. The van der Waals surface area contributed by atoms with Crippen molar-refractivity contribution in [3.8, 4) is 11.5 Å². The maximum atomic E-state index is 5.99. The Balaban J connectivity index is 2.67. The Bertz CT molecular complexity index is 398. The molecule has 0 bridgehead atoms.